The van der Waals surface area contributed by atoms with Crippen molar-refractivity contribution in [1.29, 1.82) is 0 Å². The van der Waals surface area contributed by atoms with Crippen LogP contribution in [0, 0.1) is 5.82 Å². The average molecular weight is 326 g/mol. The summed E-state index contributed by atoms with van der Waals surface area (Å²) in [7, 11) is 0. The maximum atomic E-state index is 13.6. The molecule has 0 amide bonds. The van der Waals surface area contributed by atoms with Gasteiger partial charge in [-0.15, -0.1) is 11.8 Å². The molecule has 18 heavy (non-hydrogen) atoms. The van der Waals surface area contributed by atoms with E-state index in [1.54, 1.807) is 17.8 Å². The molecule has 0 spiro atoms. The number of halogens is 2. The van der Waals surface area contributed by atoms with Gasteiger partial charge >= 0.3 is 0 Å². The summed E-state index contributed by atoms with van der Waals surface area (Å²) < 4.78 is 14.7. The third kappa shape index (κ3) is 3.34. The summed E-state index contributed by atoms with van der Waals surface area (Å²) in [6, 6.07) is 13.0. The summed E-state index contributed by atoms with van der Waals surface area (Å²) in [6.07, 6.45) is 0. The van der Waals surface area contributed by atoms with E-state index in [-0.39, 0.29) is 5.82 Å². The average Bonchev–Trinajstić information content (AvgIpc) is 2.39. The summed E-state index contributed by atoms with van der Waals surface area (Å²) in [5, 5.41) is 0. The van der Waals surface area contributed by atoms with Crippen molar-refractivity contribution in [3.05, 3.63) is 63.9 Å². The van der Waals surface area contributed by atoms with Crippen LogP contribution >= 0.6 is 27.7 Å². The van der Waals surface area contributed by atoms with Crippen LogP contribution in [-0.4, -0.2) is 0 Å². The highest BCUT2D eigenvalue weighted by atomic mass is 79.9. The standard InChI is InChI=1S/C14H13BrFNS/c15-12-3-1-2-4-14(12)18-9-11-7-10(8-17)5-6-13(11)16/h1-7H,8-9,17H2. The van der Waals surface area contributed by atoms with Crippen molar-refractivity contribution in [2.75, 3.05) is 0 Å². The summed E-state index contributed by atoms with van der Waals surface area (Å²) >= 11 is 5.09. The Morgan fingerprint density at radius 1 is 1.17 bits per heavy atom. The molecule has 0 bridgehead atoms. The molecular weight excluding hydrogens is 313 g/mol. The first kappa shape index (κ1) is 13.6. The first-order valence-electron chi connectivity index (χ1n) is 5.55. The zero-order valence-corrected chi connectivity index (χ0v) is 12.1. The van der Waals surface area contributed by atoms with Gasteiger partial charge in [-0.25, -0.2) is 4.39 Å². The van der Waals surface area contributed by atoms with Gasteiger partial charge in [0.15, 0.2) is 0 Å². The van der Waals surface area contributed by atoms with Gasteiger partial charge in [0.25, 0.3) is 0 Å². The Morgan fingerprint density at radius 3 is 2.67 bits per heavy atom. The molecule has 0 unspecified atom stereocenters. The number of rotatable bonds is 4. The Kier molecular flexibility index (Phi) is 4.80. The molecule has 2 aromatic rings. The van der Waals surface area contributed by atoms with E-state index >= 15 is 0 Å². The monoisotopic (exact) mass is 325 g/mol. The van der Waals surface area contributed by atoms with Crippen LogP contribution in [0.3, 0.4) is 0 Å². The van der Waals surface area contributed by atoms with Crippen LogP contribution < -0.4 is 5.73 Å². The molecule has 0 heterocycles. The van der Waals surface area contributed by atoms with E-state index in [1.165, 1.54) is 6.07 Å². The van der Waals surface area contributed by atoms with Gasteiger partial charge in [-0.1, -0.05) is 24.3 Å². The highest BCUT2D eigenvalue weighted by molar-refractivity contribution is 9.10. The van der Waals surface area contributed by atoms with Crippen molar-refractivity contribution < 1.29 is 4.39 Å². The molecule has 2 N–H and O–H groups in total. The Morgan fingerprint density at radius 2 is 1.94 bits per heavy atom. The van der Waals surface area contributed by atoms with Crippen LogP contribution in [0.25, 0.3) is 0 Å². The topological polar surface area (TPSA) is 26.0 Å². The third-order valence-corrected chi connectivity index (χ3v) is 4.64. The normalized spacial score (nSPS) is 10.6. The van der Waals surface area contributed by atoms with E-state index in [1.807, 2.05) is 30.3 Å². The second-order valence-electron chi connectivity index (χ2n) is 3.85. The number of hydrogen-bond acceptors (Lipinski definition) is 2. The van der Waals surface area contributed by atoms with Crippen molar-refractivity contribution in [3.63, 3.8) is 0 Å². The van der Waals surface area contributed by atoms with Gasteiger partial charge in [0, 0.05) is 21.7 Å². The third-order valence-electron chi connectivity index (χ3n) is 2.57. The van der Waals surface area contributed by atoms with E-state index in [9.17, 15) is 4.39 Å². The van der Waals surface area contributed by atoms with Gasteiger partial charge in [-0.2, -0.15) is 0 Å². The van der Waals surface area contributed by atoms with Gasteiger partial charge in [-0.05, 0) is 45.3 Å². The maximum absolute atomic E-state index is 13.6. The Hall–Kier alpha value is -0.840. The molecule has 4 heteroatoms. The molecular formula is C14H13BrFNS. The van der Waals surface area contributed by atoms with Crippen LogP contribution in [0.15, 0.2) is 51.8 Å². The molecule has 94 valence electrons. The van der Waals surface area contributed by atoms with Gasteiger partial charge < -0.3 is 5.73 Å². The van der Waals surface area contributed by atoms with Crippen LogP contribution in [0.5, 0.6) is 0 Å². The molecule has 0 atom stereocenters. The molecule has 0 aromatic heterocycles. The SMILES string of the molecule is NCc1ccc(F)c(CSc2ccccc2Br)c1. The van der Waals surface area contributed by atoms with E-state index in [4.69, 9.17) is 5.73 Å². The quantitative estimate of drug-likeness (QED) is 0.846. The largest absolute Gasteiger partial charge is 0.326 e. The summed E-state index contributed by atoms with van der Waals surface area (Å²) in [5.41, 5.74) is 7.21. The predicted molar refractivity (Wildman–Crippen MR) is 78.0 cm³/mol. The molecule has 1 nitrogen and oxygen atoms in total. The lowest BCUT2D eigenvalue weighted by molar-refractivity contribution is 0.616. The Balaban J connectivity index is 2.13. The first-order chi connectivity index (χ1) is 8.70. The van der Waals surface area contributed by atoms with Gasteiger partial charge in [0.2, 0.25) is 0 Å². The van der Waals surface area contributed by atoms with Crippen molar-refractivity contribution in [2.45, 2.75) is 17.2 Å². The van der Waals surface area contributed by atoms with Crippen LogP contribution in [-0.2, 0) is 12.3 Å². The predicted octanol–water partition coefficient (Wildman–Crippen LogP) is 4.34. The van der Waals surface area contributed by atoms with Gasteiger partial charge in [0.05, 0.1) is 0 Å². The smallest absolute Gasteiger partial charge is 0.127 e. The van der Waals surface area contributed by atoms with Crippen LogP contribution in [0.4, 0.5) is 4.39 Å². The molecule has 0 radical (unpaired) electrons. The maximum Gasteiger partial charge on any atom is 0.127 e. The summed E-state index contributed by atoms with van der Waals surface area (Å²) in [5.74, 6) is 0.425. The van der Waals surface area contributed by atoms with Crippen molar-refractivity contribution in [2.24, 2.45) is 5.73 Å². The number of thioether (sulfide) groups is 1. The fourth-order valence-corrected chi connectivity index (χ4v) is 3.12. The Labute approximate surface area is 119 Å². The van der Waals surface area contributed by atoms with Gasteiger partial charge in [0.1, 0.15) is 5.82 Å². The van der Waals surface area contributed by atoms with Crippen molar-refractivity contribution in [1.82, 2.24) is 0 Å². The van der Waals surface area contributed by atoms with Gasteiger partial charge in [-0.3, -0.25) is 0 Å². The number of benzene rings is 2. The molecule has 0 saturated carbocycles. The molecule has 0 aliphatic carbocycles. The van der Waals surface area contributed by atoms with E-state index < -0.39 is 0 Å². The van der Waals surface area contributed by atoms with Crippen LogP contribution in [0.2, 0.25) is 0 Å². The molecule has 0 saturated heterocycles. The minimum absolute atomic E-state index is 0.174. The van der Waals surface area contributed by atoms with E-state index in [0.29, 0.717) is 17.9 Å². The first-order valence-corrected chi connectivity index (χ1v) is 7.33. The van der Waals surface area contributed by atoms with Crippen molar-refractivity contribution >= 4 is 27.7 Å². The molecule has 2 rings (SSSR count). The summed E-state index contributed by atoms with van der Waals surface area (Å²) in [4.78, 5) is 1.11. The second kappa shape index (κ2) is 6.36. The number of hydrogen-bond donors (Lipinski definition) is 1. The second-order valence-corrected chi connectivity index (χ2v) is 5.72. The highest BCUT2D eigenvalue weighted by Crippen LogP contribution is 2.30. The lowest BCUT2D eigenvalue weighted by Crippen LogP contribution is -1.98. The molecule has 0 fully saturated rings. The minimum Gasteiger partial charge on any atom is -0.326 e. The zero-order chi connectivity index (χ0) is 13.0. The fourth-order valence-electron chi connectivity index (χ4n) is 1.58. The number of nitrogens with two attached hydrogens (primary N) is 1. The highest BCUT2D eigenvalue weighted by Gasteiger charge is 2.05. The molecule has 2 aromatic carbocycles. The van der Waals surface area contributed by atoms with Crippen LogP contribution in [0.1, 0.15) is 11.1 Å². The molecule has 0 aliphatic heterocycles. The zero-order valence-electron chi connectivity index (χ0n) is 9.70. The lowest BCUT2D eigenvalue weighted by Gasteiger charge is -2.07. The lowest BCUT2D eigenvalue weighted by atomic mass is 10.1. The summed E-state index contributed by atoms with van der Waals surface area (Å²) in [6.45, 7) is 0.437. The van der Waals surface area contributed by atoms with E-state index in [0.717, 1.165) is 14.9 Å². The van der Waals surface area contributed by atoms with Crippen molar-refractivity contribution in [3.8, 4) is 0 Å². The molecule has 0 aliphatic rings. The minimum atomic E-state index is -0.174. The van der Waals surface area contributed by atoms with E-state index in [2.05, 4.69) is 15.9 Å². The fraction of sp³-hybridized carbons (Fsp3) is 0.143. The Bertz CT molecular complexity index is 545.